The molecule has 0 aromatic rings. The van der Waals surface area contributed by atoms with Crippen LogP contribution in [-0.2, 0) is 4.79 Å². The zero-order valence-electron chi connectivity index (χ0n) is 13.5. The first kappa shape index (κ1) is 17.7. The van der Waals surface area contributed by atoms with E-state index in [0.717, 1.165) is 25.7 Å². The predicted molar refractivity (Wildman–Crippen MR) is 80.7 cm³/mol. The van der Waals surface area contributed by atoms with E-state index in [9.17, 15) is 4.79 Å². The molecule has 0 aliphatic heterocycles. The summed E-state index contributed by atoms with van der Waals surface area (Å²) in [6.45, 7) is 13.3. The quantitative estimate of drug-likeness (QED) is 0.504. The van der Waals surface area contributed by atoms with Gasteiger partial charge in [-0.1, -0.05) is 54.4 Å². The second-order valence-corrected chi connectivity index (χ2v) is 6.56. The van der Waals surface area contributed by atoms with Crippen LogP contribution in [0.5, 0.6) is 0 Å². The largest absolute Gasteiger partial charge is 0.299 e. The highest BCUT2D eigenvalue weighted by molar-refractivity contribution is 5.83. The second kappa shape index (κ2) is 9.58. The number of carbonyl (C=O) groups is 1. The van der Waals surface area contributed by atoms with Crippen molar-refractivity contribution in [1.29, 1.82) is 0 Å². The van der Waals surface area contributed by atoms with Crippen LogP contribution in [0.4, 0.5) is 0 Å². The minimum absolute atomic E-state index is 0.310. The van der Waals surface area contributed by atoms with Crippen molar-refractivity contribution in [2.24, 2.45) is 23.7 Å². The zero-order chi connectivity index (χ0) is 14.1. The Morgan fingerprint density at radius 3 is 1.28 bits per heavy atom. The molecule has 2 unspecified atom stereocenters. The van der Waals surface area contributed by atoms with Gasteiger partial charge >= 0.3 is 0 Å². The highest BCUT2D eigenvalue weighted by Crippen LogP contribution is 2.25. The molecule has 1 nitrogen and oxygen atoms in total. The average molecular weight is 254 g/mol. The van der Waals surface area contributed by atoms with Crippen LogP contribution in [0.1, 0.15) is 80.1 Å². The fourth-order valence-electron chi connectivity index (χ4n) is 2.50. The maximum absolute atomic E-state index is 12.5. The van der Waals surface area contributed by atoms with Crippen LogP contribution in [0, 0.1) is 23.7 Å². The van der Waals surface area contributed by atoms with E-state index in [0.29, 0.717) is 29.5 Å². The van der Waals surface area contributed by atoms with Gasteiger partial charge in [0, 0.05) is 11.8 Å². The SMILES string of the molecule is CCC(CCC(C)C)C(=O)C(CC)CCC(C)C. The van der Waals surface area contributed by atoms with Gasteiger partial charge in [-0.25, -0.2) is 0 Å². The van der Waals surface area contributed by atoms with E-state index in [4.69, 9.17) is 0 Å². The Bertz CT molecular complexity index is 196. The van der Waals surface area contributed by atoms with E-state index in [1.54, 1.807) is 0 Å². The van der Waals surface area contributed by atoms with E-state index < -0.39 is 0 Å². The molecular formula is C17H34O. The van der Waals surface area contributed by atoms with Crippen LogP contribution in [0.3, 0.4) is 0 Å². The lowest BCUT2D eigenvalue weighted by molar-refractivity contribution is -0.127. The molecule has 0 spiro atoms. The Labute approximate surface area is 115 Å². The fourth-order valence-corrected chi connectivity index (χ4v) is 2.50. The maximum atomic E-state index is 12.5. The van der Waals surface area contributed by atoms with Crippen molar-refractivity contribution in [1.82, 2.24) is 0 Å². The van der Waals surface area contributed by atoms with Gasteiger partial charge in [0.25, 0.3) is 0 Å². The molecule has 0 aromatic carbocycles. The van der Waals surface area contributed by atoms with E-state index in [2.05, 4.69) is 41.5 Å². The third-order valence-electron chi connectivity index (χ3n) is 3.98. The standard InChI is InChI=1S/C17H34O/c1-7-15(11-9-13(3)4)17(18)16(8-2)12-10-14(5)6/h13-16H,7-12H2,1-6H3. The van der Waals surface area contributed by atoms with Crippen LogP contribution >= 0.6 is 0 Å². The minimum Gasteiger partial charge on any atom is -0.299 e. The topological polar surface area (TPSA) is 17.1 Å². The predicted octanol–water partition coefficient (Wildman–Crippen LogP) is 5.48. The number of rotatable bonds is 10. The minimum atomic E-state index is 0.310. The average Bonchev–Trinajstić information content (AvgIpc) is 2.29. The van der Waals surface area contributed by atoms with Gasteiger partial charge in [-0.05, 0) is 37.5 Å². The van der Waals surface area contributed by atoms with Gasteiger partial charge < -0.3 is 0 Å². The lowest BCUT2D eigenvalue weighted by atomic mass is 9.82. The van der Waals surface area contributed by atoms with Gasteiger partial charge in [-0.2, -0.15) is 0 Å². The molecule has 0 saturated heterocycles. The number of carbonyl (C=O) groups excluding carboxylic acids is 1. The van der Waals surface area contributed by atoms with Crippen molar-refractivity contribution in [3.8, 4) is 0 Å². The molecule has 0 fully saturated rings. The molecule has 2 atom stereocenters. The summed E-state index contributed by atoms with van der Waals surface area (Å²) in [4.78, 5) is 12.5. The van der Waals surface area contributed by atoms with Crippen LogP contribution < -0.4 is 0 Å². The maximum Gasteiger partial charge on any atom is 0.139 e. The zero-order valence-corrected chi connectivity index (χ0v) is 13.5. The molecular weight excluding hydrogens is 220 g/mol. The number of Topliss-reactive ketones (excluding diaryl/α,β-unsaturated/α-hetero) is 1. The molecule has 0 N–H and O–H groups in total. The Balaban J connectivity index is 4.33. The normalized spacial score (nSPS) is 15.1. The smallest absolute Gasteiger partial charge is 0.139 e. The molecule has 0 amide bonds. The summed E-state index contributed by atoms with van der Waals surface area (Å²) in [6.07, 6.45) is 6.58. The number of ketones is 1. The van der Waals surface area contributed by atoms with Crippen molar-refractivity contribution in [3.63, 3.8) is 0 Å². The van der Waals surface area contributed by atoms with Gasteiger partial charge in [-0.15, -0.1) is 0 Å². The molecule has 0 bridgehead atoms. The summed E-state index contributed by atoms with van der Waals surface area (Å²) in [5.74, 6) is 2.58. The first-order chi connectivity index (χ1) is 8.42. The molecule has 0 saturated carbocycles. The van der Waals surface area contributed by atoms with Crippen molar-refractivity contribution in [2.75, 3.05) is 0 Å². The van der Waals surface area contributed by atoms with Gasteiger partial charge in [0.05, 0.1) is 0 Å². The Hall–Kier alpha value is -0.330. The highest BCUT2D eigenvalue weighted by Gasteiger charge is 2.24. The highest BCUT2D eigenvalue weighted by atomic mass is 16.1. The third-order valence-corrected chi connectivity index (χ3v) is 3.98. The second-order valence-electron chi connectivity index (χ2n) is 6.56. The summed E-state index contributed by atoms with van der Waals surface area (Å²) in [7, 11) is 0. The van der Waals surface area contributed by atoms with Crippen LogP contribution in [0.2, 0.25) is 0 Å². The Morgan fingerprint density at radius 1 is 0.722 bits per heavy atom. The molecule has 0 aliphatic carbocycles. The molecule has 0 heterocycles. The molecule has 1 heteroatoms. The first-order valence-corrected chi connectivity index (χ1v) is 7.95. The summed E-state index contributed by atoms with van der Waals surface area (Å²) in [5.41, 5.74) is 0. The summed E-state index contributed by atoms with van der Waals surface area (Å²) in [5, 5.41) is 0. The van der Waals surface area contributed by atoms with E-state index in [1.807, 2.05) is 0 Å². The molecule has 0 aromatic heterocycles. The fraction of sp³-hybridized carbons (Fsp3) is 0.941. The number of hydrogen-bond acceptors (Lipinski definition) is 1. The van der Waals surface area contributed by atoms with Crippen molar-refractivity contribution < 1.29 is 4.79 Å². The lowest BCUT2D eigenvalue weighted by Crippen LogP contribution is -2.24. The van der Waals surface area contributed by atoms with Gasteiger partial charge in [0.2, 0.25) is 0 Å². The van der Waals surface area contributed by atoms with Gasteiger partial charge in [0.15, 0.2) is 0 Å². The van der Waals surface area contributed by atoms with Gasteiger partial charge in [0.1, 0.15) is 5.78 Å². The Morgan fingerprint density at radius 2 is 1.06 bits per heavy atom. The molecule has 18 heavy (non-hydrogen) atoms. The van der Waals surface area contributed by atoms with Crippen molar-refractivity contribution in [3.05, 3.63) is 0 Å². The van der Waals surface area contributed by atoms with E-state index in [-0.39, 0.29) is 0 Å². The summed E-state index contributed by atoms with van der Waals surface area (Å²) in [6, 6.07) is 0. The summed E-state index contributed by atoms with van der Waals surface area (Å²) >= 11 is 0. The van der Waals surface area contributed by atoms with E-state index >= 15 is 0 Å². The van der Waals surface area contributed by atoms with Crippen LogP contribution in [-0.4, -0.2) is 5.78 Å². The van der Waals surface area contributed by atoms with Crippen LogP contribution in [0.25, 0.3) is 0 Å². The molecule has 0 radical (unpaired) electrons. The first-order valence-electron chi connectivity index (χ1n) is 7.95. The van der Waals surface area contributed by atoms with Crippen molar-refractivity contribution in [2.45, 2.75) is 80.1 Å². The molecule has 0 rings (SSSR count). The van der Waals surface area contributed by atoms with E-state index in [1.165, 1.54) is 12.8 Å². The molecule has 108 valence electrons. The monoisotopic (exact) mass is 254 g/mol. The van der Waals surface area contributed by atoms with Crippen LogP contribution in [0.15, 0.2) is 0 Å². The lowest BCUT2D eigenvalue weighted by Gasteiger charge is -2.22. The van der Waals surface area contributed by atoms with Crippen molar-refractivity contribution >= 4 is 5.78 Å². The number of hydrogen-bond donors (Lipinski definition) is 0. The Kier molecular flexibility index (Phi) is 9.40. The third kappa shape index (κ3) is 7.18. The molecule has 0 aliphatic rings. The van der Waals surface area contributed by atoms with Gasteiger partial charge in [-0.3, -0.25) is 4.79 Å². The summed E-state index contributed by atoms with van der Waals surface area (Å²) < 4.78 is 0.